The van der Waals surface area contributed by atoms with Crippen LogP contribution in [0.15, 0.2) is 71.6 Å². The molecule has 0 saturated carbocycles. The highest BCUT2D eigenvalue weighted by Crippen LogP contribution is 2.37. The fraction of sp³-hybridized carbons (Fsp3) is 0.136. The van der Waals surface area contributed by atoms with Crippen molar-refractivity contribution in [2.24, 2.45) is 0 Å². The van der Waals surface area contributed by atoms with Crippen LogP contribution in [0, 0.1) is 0 Å². The number of halogens is 6. The van der Waals surface area contributed by atoms with Crippen LogP contribution < -0.4 is 9.62 Å². The van der Waals surface area contributed by atoms with Gasteiger partial charge in [0, 0.05) is 16.6 Å². The average molecular weight is 552 g/mol. The van der Waals surface area contributed by atoms with Gasteiger partial charge in [0.25, 0.3) is 10.0 Å². The molecule has 3 aromatic rings. The second-order valence-corrected chi connectivity index (χ2v) is 10.1. The summed E-state index contributed by atoms with van der Waals surface area (Å²) in [6, 6.07) is 13.8. The Morgan fingerprint density at radius 3 is 2.21 bits per heavy atom. The number of amides is 1. The zero-order valence-electron chi connectivity index (χ0n) is 17.1. The Morgan fingerprint density at radius 1 is 0.912 bits per heavy atom. The van der Waals surface area contributed by atoms with Crippen LogP contribution in [0.25, 0.3) is 0 Å². The molecule has 0 heterocycles. The first-order valence-electron chi connectivity index (χ1n) is 9.55. The van der Waals surface area contributed by atoms with E-state index in [-0.39, 0.29) is 21.5 Å². The van der Waals surface area contributed by atoms with Crippen LogP contribution >= 0.6 is 34.8 Å². The molecule has 5 nitrogen and oxygen atoms in total. The van der Waals surface area contributed by atoms with E-state index in [2.05, 4.69) is 5.32 Å². The third-order valence-corrected chi connectivity index (χ3v) is 7.33. The summed E-state index contributed by atoms with van der Waals surface area (Å²) in [5, 5.41) is 2.90. The van der Waals surface area contributed by atoms with Crippen molar-refractivity contribution in [1.29, 1.82) is 0 Å². The van der Waals surface area contributed by atoms with E-state index in [0.29, 0.717) is 21.0 Å². The Labute approximate surface area is 209 Å². The van der Waals surface area contributed by atoms with Gasteiger partial charge in [0.15, 0.2) is 0 Å². The van der Waals surface area contributed by atoms with Gasteiger partial charge in [-0.3, -0.25) is 9.10 Å². The Bertz CT molecular complexity index is 1300. The summed E-state index contributed by atoms with van der Waals surface area (Å²) < 4.78 is 67.1. The summed E-state index contributed by atoms with van der Waals surface area (Å²) in [5.41, 5.74) is -1.09. The van der Waals surface area contributed by atoms with Crippen LogP contribution in [-0.2, 0) is 27.5 Å². The predicted molar refractivity (Wildman–Crippen MR) is 126 cm³/mol. The maximum atomic E-state index is 13.3. The number of nitrogens with zero attached hydrogens (tertiary/aromatic N) is 1. The molecule has 3 rings (SSSR count). The zero-order valence-corrected chi connectivity index (χ0v) is 20.2. The molecule has 0 aromatic heterocycles. The summed E-state index contributed by atoms with van der Waals surface area (Å²) in [5.74, 6) is -0.793. The first-order valence-corrected chi connectivity index (χ1v) is 12.1. The minimum Gasteiger partial charge on any atom is -0.350 e. The fourth-order valence-electron chi connectivity index (χ4n) is 2.94. The van der Waals surface area contributed by atoms with Crippen LogP contribution in [0.4, 0.5) is 18.9 Å². The maximum Gasteiger partial charge on any atom is 0.416 e. The predicted octanol–water partition coefficient (Wildman–Crippen LogP) is 6.18. The van der Waals surface area contributed by atoms with Gasteiger partial charge in [0.1, 0.15) is 6.54 Å². The molecule has 1 N–H and O–H groups in total. The van der Waals surface area contributed by atoms with Crippen molar-refractivity contribution >= 4 is 56.4 Å². The van der Waals surface area contributed by atoms with E-state index in [0.717, 1.165) is 12.1 Å². The fourth-order valence-corrected chi connectivity index (χ4v) is 5.14. The zero-order chi connectivity index (χ0) is 25.1. The molecule has 0 atom stereocenters. The van der Waals surface area contributed by atoms with Crippen molar-refractivity contribution in [1.82, 2.24) is 5.32 Å². The highest BCUT2D eigenvalue weighted by atomic mass is 35.5. The van der Waals surface area contributed by atoms with E-state index >= 15 is 0 Å². The largest absolute Gasteiger partial charge is 0.416 e. The summed E-state index contributed by atoms with van der Waals surface area (Å²) in [6.45, 7) is -0.895. The van der Waals surface area contributed by atoms with E-state index < -0.39 is 39.9 Å². The highest BCUT2D eigenvalue weighted by molar-refractivity contribution is 7.92. The number of nitrogens with one attached hydrogen (secondary N) is 1. The van der Waals surface area contributed by atoms with Gasteiger partial charge in [0.2, 0.25) is 5.91 Å². The van der Waals surface area contributed by atoms with Crippen molar-refractivity contribution in [3.63, 3.8) is 0 Å². The molecule has 12 heteroatoms. The van der Waals surface area contributed by atoms with Crippen molar-refractivity contribution in [3.05, 3.63) is 92.9 Å². The monoisotopic (exact) mass is 550 g/mol. The van der Waals surface area contributed by atoms with Gasteiger partial charge in [-0.2, -0.15) is 13.2 Å². The molecule has 180 valence electrons. The highest BCUT2D eigenvalue weighted by Gasteiger charge is 2.34. The number of sulfonamides is 1. The van der Waals surface area contributed by atoms with E-state index in [4.69, 9.17) is 34.8 Å². The quantitative estimate of drug-likeness (QED) is 0.382. The van der Waals surface area contributed by atoms with Crippen molar-refractivity contribution in [2.45, 2.75) is 17.6 Å². The Hall–Kier alpha value is -2.46. The van der Waals surface area contributed by atoms with Gasteiger partial charge in [-0.1, -0.05) is 59.1 Å². The lowest BCUT2D eigenvalue weighted by Crippen LogP contribution is -2.41. The Balaban J connectivity index is 1.97. The lowest BCUT2D eigenvalue weighted by atomic mass is 10.2. The Kier molecular flexibility index (Phi) is 8.02. The molecule has 0 aliphatic rings. The Morgan fingerprint density at radius 2 is 1.59 bits per heavy atom. The number of anilines is 1. The first kappa shape index (κ1) is 26.2. The number of benzene rings is 3. The third-order valence-electron chi connectivity index (χ3n) is 4.65. The molecular weight excluding hydrogens is 536 g/mol. The molecule has 1 amide bonds. The van der Waals surface area contributed by atoms with E-state index in [9.17, 15) is 26.4 Å². The molecule has 0 aliphatic heterocycles. The summed E-state index contributed by atoms with van der Waals surface area (Å²) in [7, 11) is -4.45. The number of rotatable bonds is 7. The molecule has 0 aliphatic carbocycles. The summed E-state index contributed by atoms with van der Waals surface area (Å²) in [6.07, 6.45) is -4.75. The lowest BCUT2D eigenvalue weighted by molar-refractivity contribution is -0.137. The molecule has 0 bridgehead atoms. The van der Waals surface area contributed by atoms with Crippen molar-refractivity contribution < 1.29 is 26.4 Å². The lowest BCUT2D eigenvalue weighted by Gasteiger charge is -2.26. The summed E-state index contributed by atoms with van der Waals surface area (Å²) in [4.78, 5) is 12.5. The molecule has 3 aromatic carbocycles. The smallest absolute Gasteiger partial charge is 0.350 e. The average Bonchev–Trinajstić information content (AvgIpc) is 2.77. The minimum atomic E-state index is -4.75. The second-order valence-electron chi connectivity index (χ2n) is 7.00. The number of hydrogen-bond donors (Lipinski definition) is 1. The van der Waals surface area contributed by atoms with E-state index in [1.165, 1.54) is 30.3 Å². The van der Waals surface area contributed by atoms with Crippen LogP contribution in [-0.4, -0.2) is 20.9 Å². The van der Waals surface area contributed by atoms with Crippen molar-refractivity contribution in [3.8, 4) is 0 Å². The van der Waals surface area contributed by atoms with Crippen LogP contribution in [0.1, 0.15) is 11.1 Å². The molecule has 0 unspecified atom stereocenters. The number of hydrogen-bond acceptors (Lipinski definition) is 3. The molecule has 0 radical (unpaired) electrons. The number of carbonyl (C=O) groups excluding carboxylic acids is 1. The SMILES string of the molecule is O=C(CN(c1cc(C(F)(F)F)ccc1Cl)S(=O)(=O)c1ccccc1)NCc1ccc(Cl)cc1Cl. The van der Waals surface area contributed by atoms with Crippen molar-refractivity contribution in [2.75, 3.05) is 10.8 Å². The molecule has 0 saturated heterocycles. The van der Waals surface area contributed by atoms with E-state index in [1.54, 1.807) is 18.2 Å². The van der Waals surface area contributed by atoms with Crippen LogP contribution in [0.2, 0.25) is 15.1 Å². The molecule has 0 spiro atoms. The maximum absolute atomic E-state index is 13.3. The van der Waals surface area contributed by atoms with E-state index in [1.807, 2.05) is 0 Å². The normalized spacial score (nSPS) is 11.8. The van der Waals surface area contributed by atoms with Gasteiger partial charge in [-0.05, 0) is 48.0 Å². The third kappa shape index (κ3) is 6.15. The van der Waals surface area contributed by atoms with Crippen LogP contribution in [0.5, 0.6) is 0 Å². The minimum absolute atomic E-state index is 0.0651. The van der Waals surface area contributed by atoms with Gasteiger partial charge in [-0.25, -0.2) is 8.42 Å². The number of carbonyl (C=O) groups is 1. The van der Waals surface area contributed by atoms with Gasteiger partial charge in [0.05, 0.1) is 21.2 Å². The molecule has 34 heavy (non-hydrogen) atoms. The molecular formula is C22H16Cl3F3N2O3S. The first-order chi connectivity index (χ1) is 15.9. The van der Waals surface area contributed by atoms with Gasteiger partial charge < -0.3 is 5.32 Å². The number of alkyl halides is 3. The van der Waals surface area contributed by atoms with Crippen LogP contribution in [0.3, 0.4) is 0 Å². The van der Waals surface area contributed by atoms with Gasteiger partial charge >= 0.3 is 6.18 Å². The second kappa shape index (κ2) is 10.4. The molecule has 0 fully saturated rings. The van der Waals surface area contributed by atoms with Gasteiger partial charge in [-0.15, -0.1) is 0 Å². The standard InChI is InChI=1S/C22H16Cl3F3N2O3S/c23-16-8-6-14(19(25)11-16)12-29-21(31)13-30(34(32,33)17-4-2-1-3-5-17)20-10-15(22(26,27)28)7-9-18(20)24/h1-11H,12-13H2,(H,29,31). The topological polar surface area (TPSA) is 66.5 Å². The summed E-state index contributed by atoms with van der Waals surface area (Å²) >= 11 is 18.0.